The van der Waals surface area contributed by atoms with Gasteiger partial charge in [-0.25, -0.2) is 4.39 Å². The number of halogens is 3. The largest absolute Gasteiger partial charge is 0.255 e. The number of hydrogen-bond donors (Lipinski definition) is 0. The van der Waals surface area contributed by atoms with Gasteiger partial charge in [0.1, 0.15) is 5.82 Å². The van der Waals surface area contributed by atoms with E-state index in [0.29, 0.717) is 9.99 Å². The second kappa shape index (κ2) is 3.35. The number of fused-ring (bicyclic) bond motifs is 1. The van der Waals surface area contributed by atoms with Crippen LogP contribution in [0, 0.1) is 5.82 Å². The summed E-state index contributed by atoms with van der Waals surface area (Å²) in [5.41, 5.74) is 0.656. The monoisotopic (exact) mass is 303 g/mol. The zero-order chi connectivity index (χ0) is 9.42. The van der Waals surface area contributed by atoms with Crippen molar-refractivity contribution in [3.05, 3.63) is 39.2 Å². The summed E-state index contributed by atoms with van der Waals surface area (Å²) in [6.07, 6.45) is 1.65. The van der Waals surface area contributed by atoms with Crippen molar-refractivity contribution in [1.29, 1.82) is 0 Å². The molecule has 0 N–H and O–H groups in total. The van der Waals surface area contributed by atoms with E-state index in [1.165, 1.54) is 6.07 Å². The molecular formula is C9H4Br2FN. The molecule has 1 aromatic carbocycles. The summed E-state index contributed by atoms with van der Waals surface area (Å²) in [5.74, 6) is -0.290. The Morgan fingerprint density at radius 3 is 2.69 bits per heavy atom. The van der Waals surface area contributed by atoms with Crippen LogP contribution in [0.2, 0.25) is 0 Å². The molecule has 0 aliphatic rings. The topological polar surface area (TPSA) is 12.9 Å². The molecule has 0 atom stereocenters. The molecule has 0 unspecified atom stereocenters. The maximum absolute atomic E-state index is 13.1. The predicted molar refractivity (Wildman–Crippen MR) is 57.1 cm³/mol. The van der Waals surface area contributed by atoms with E-state index in [2.05, 4.69) is 36.8 Å². The summed E-state index contributed by atoms with van der Waals surface area (Å²) in [6, 6.07) is 5.01. The van der Waals surface area contributed by atoms with E-state index in [0.717, 1.165) is 9.86 Å². The predicted octanol–water partition coefficient (Wildman–Crippen LogP) is 3.90. The number of benzene rings is 1. The molecule has 0 bridgehead atoms. The Labute approximate surface area is 91.2 Å². The number of hydrogen-bond acceptors (Lipinski definition) is 1. The van der Waals surface area contributed by atoms with E-state index in [1.54, 1.807) is 12.3 Å². The first kappa shape index (κ1) is 9.09. The molecule has 13 heavy (non-hydrogen) atoms. The van der Waals surface area contributed by atoms with Gasteiger partial charge in [0, 0.05) is 22.1 Å². The van der Waals surface area contributed by atoms with Crippen molar-refractivity contribution in [2.45, 2.75) is 0 Å². The van der Waals surface area contributed by atoms with Crippen molar-refractivity contribution in [3.63, 3.8) is 0 Å². The normalized spacial score (nSPS) is 10.7. The standard InChI is InChI=1S/C9H4Br2FN/c10-6-1-5-2-7(11)8(12)3-9(5)13-4-6/h1-4H. The van der Waals surface area contributed by atoms with E-state index in [9.17, 15) is 4.39 Å². The van der Waals surface area contributed by atoms with Crippen molar-refractivity contribution in [3.8, 4) is 0 Å². The van der Waals surface area contributed by atoms with Gasteiger partial charge in [-0.15, -0.1) is 0 Å². The second-order valence-electron chi connectivity index (χ2n) is 2.61. The first-order valence-corrected chi connectivity index (χ1v) is 5.16. The lowest BCUT2D eigenvalue weighted by atomic mass is 10.2. The Balaban J connectivity index is 2.81. The minimum Gasteiger partial charge on any atom is -0.255 e. The van der Waals surface area contributed by atoms with Gasteiger partial charge in [0.2, 0.25) is 0 Å². The van der Waals surface area contributed by atoms with Gasteiger partial charge >= 0.3 is 0 Å². The first-order chi connectivity index (χ1) is 6.16. The van der Waals surface area contributed by atoms with E-state index >= 15 is 0 Å². The third kappa shape index (κ3) is 1.74. The van der Waals surface area contributed by atoms with Crippen molar-refractivity contribution in [1.82, 2.24) is 4.98 Å². The smallest absolute Gasteiger partial charge is 0.139 e. The average Bonchev–Trinajstić information content (AvgIpc) is 2.08. The molecule has 66 valence electrons. The number of rotatable bonds is 0. The van der Waals surface area contributed by atoms with Crippen LogP contribution in [0.3, 0.4) is 0 Å². The number of nitrogens with zero attached hydrogens (tertiary/aromatic N) is 1. The molecule has 0 saturated carbocycles. The fourth-order valence-corrected chi connectivity index (χ4v) is 1.81. The van der Waals surface area contributed by atoms with Gasteiger partial charge in [-0.05, 0) is 44.0 Å². The number of pyridine rings is 1. The highest BCUT2D eigenvalue weighted by Gasteiger charge is 2.02. The van der Waals surface area contributed by atoms with Gasteiger partial charge in [0.15, 0.2) is 0 Å². The van der Waals surface area contributed by atoms with Crippen LogP contribution in [0.5, 0.6) is 0 Å². The molecule has 1 heterocycles. The van der Waals surface area contributed by atoms with Gasteiger partial charge in [-0.3, -0.25) is 4.98 Å². The lowest BCUT2D eigenvalue weighted by Gasteiger charge is -1.99. The molecule has 1 aromatic heterocycles. The quantitative estimate of drug-likeness (QED) is 0.719. The van der Waals surface area contributed by atoms with Crippen LogP contribution in [0.1, 0.15) is 0 Å². The fraction of sp³-hybridized carbons (Fsp3) is 0. The van der Waals surface area contributed by atoms with Crippen LogP contribution in [0.15, 0.2) is 33.3 Å². The van der Waals surface area contributed by atoms with Crippen LogP contribution >= 0.6 is 31.9 Å². The lowest BCUT2D eigenvalue weighted by molar-refractivity contribution is 0.623. The van der Waals surface area contributed by atoms with Gasteiger partial charge in [-0.1, -0.05) is 0 Å². The zero-order valence-corrected chi connectivity index (χ0v) is 9.56. The Morgan fingerprint density at radius 2 is 1.92 bits per heavy atom. The Morgan fingerprint density at radius 1 is 1.15 bits per heavy atom. The average molecular weight is 305 g/mol. The van der Waals surface area contributed by atoms with Crippen molar-refractivity contribution in [2.24, 2.45) is 0 Å². The van der Waals surface area contributed by atoms with Gasteiger partial charge in [-0.2, -0.15) is 0 Å². The maximum atomic E-state index is 13.1. The zero-order valence-electron chi connectivity index (χ0n) is 6.39. The Bertz CT molecular complexity index is 470. The molecule has 0 fully saturated rings. The minimum absolute atomic E-state index is 0.290. The highest BCUT2D eigenvalue weighted by Crippen LogP contribution is 2.23. The Kier molecular flexibility index (Phi) is 2.34. The summed E-state index contributed by atoms with van der Waals surface area (Å²) < 4.78 is 14.4. The molecule has 0 aliphatic heterocycles. The maximum Gasteiger partial charge on any atom is 0.139 e. The van der Waals surface area contributed by atoms with Crippen molar-refractivity contribution < 1.29 is 4.39 Å². The van der Waals surface area contributed by atoms with Gasteiger partial charge in [0.25, 0.3) is 0 Å². The minimum atomic E-state index is -0.290. The van der Waals surface area contributed by atoms with Crippen LogP contribution in [0.4, 0.5) is 4.39 Å². The SMILES string of the molecule is Fc1cc2ncc(Br)cc2cc1Br. The van der Waals surface area contributed by atoms with Crippen LogP contribution in [-0.4, -0.2) is 4.98 Å². The third-order valence-corrected chi connectivity index (χ3v) is 2.73. The molecule has 4 heteroatoms. The molecule has 0 spiro atoms. The fourth-order valence-electron chi connectivity index (χ4n) is 1.10. The van der Waals surface area contributed by atoms with Gasteiger partial charge in [0.05, 0.1) is 9.99 Å². The van der Waals surface area contributed by atoms with E-state index < -0.39 is 0 Å². The molecule has 0 radical (unpaired) electrons. The summed E-state index contributed by atoms with van der Waals surface area (Å²) in [4.78, 5) is 4.07. The summed E-state index contributed by atoms with van der Waals surface area (Å²) in [5, 5.41) is 0.905. The molecule has 1 nitrogen and oxygen atoms in total. The van der Waals surface area contributed by atoms with Crippen molar-refractivity contribution >= 4 is 42.8 Å². The molecule has 0 saturated heterocycles. The summed E-state index contributed by atoms with van der Waals surface area (Å²) in [7, 11) is 0. The van der Waals surface area contributed by atoms with Gasteiger partial charge < -0.3 is 0 Å². The highest BCUT2D eigenvalue weighted by molar-refractivity contribution is 9.10. The van der Waals surface area contributed by atoms with Crippen molar-refractivity contribution in [2.75, 3.05) is 0 Å². The third-order valence-electron chi connectivity index (χ3n) is 1.69. The highest BCUT2D eigenvalue weighted by atomic mass is 79.9. The molecular weight excluding hydrogens is 301 g/mol. The van der Waals surface area contributed by atoms with Crippen LogP contribution in [0.25, 0.3) is 10.9 Å². The van der Waals surface area contributed by atoms with Crippen LogP contribution in [-0.2, 0) is 0 Å². The molecule has 0 amide bonds. The van der Waals surface area contributed by atoms with E-state index in [-0.39, 0.29) is 5.82 Å². The molecule has 0 aliphatic carbocycles. The Hall–Kier alpha value is -0.480. The number of aromatic nitrogens is 1. The van der Waals surface area contributed by atoms with E-state index in [1.807, 2.05) is 6.07 Å². The molecule has 2 aromatic rings. The van der Waals surface area contributed by atoms with E-state index in [4.69, 9.17) is 0 Å². The molecule has 2 rings (SSSR count). The summed E-state index contributed by atoms with van der Waals surface area (Å²) >= 11 is 6.43. The second-order valence-corrected chi connectivity index (χ2v) is 4.38. The lowest BCUT2D eigenvalue weighted by Crippen LogP contribution is -1.82. The summed E-state index contributed by atoms with van der Waals surface area (Å²) in [6.45, 7) is 0. The first-order valence-electron chi connectivity index (χ1n) is 3.57. The van der Waals surface area contributed by atoms with Crippen LogP contribution < -0.4 is 0 Å².